The number of thiazole rings is 1. The van der Waals surface area contributed by atoms with E-state index in [0.29, 0.717) is 30.9 Å². The number of hydrogen-bond donors (Lipinski definition) is 2. The van der Waals surface area contributed by atoms with E-state index in [-0.39, 0.29) is 4.90 Å². The molecule has 1 aliphatic carbocycles. The van der Waals surface area contributed by atoms with Gasteiger partial charge in [-0.2, -0.15) is 0 Å². The molecule has 35 heavy (non-hydrogen) atoms. The number of benzene rings is 2. The van der Waals surface area contributed by atoms with E-state index in [0.717, 1.165) is 59.8 Å². The van der Waals surface area contributed by atoms with Crippen LogP contribution in [0.4, 0.5) is 5.13 Å². The zero-order chi connectivity index (χ0) is 24.4. The molecule has 9 heteroatoms. The van der Waals surface area contributed by atoms with E-state index < -0.39 is 10.0 Å². The van der Waals surface area contributed by atoms with Crippen LogP contribution in [0.1, 0.15) is 36.1 Å². The Hall–Kier alpha value is -2.62. The van der Waals surface area contributed by atoms with Crippen LogP contribution in [0.15, 0.2) is 47.4 Å². The predicted molar refractivity (Wildman–Crippen MR) is 139 cm³/mol. The fourth-order valence-corrected chi connectivity index (χ4v) is 7.22. The van der Waals surface area contributed by atoms with Gasteiger partial charge in [0.05, 0.1) is 19.4 Å². The number of nitrogens with zero attached hydrogens (tertiary/aromatic N) is 1. The molecule has 7 nitrogen and oxygen atoms in total. The molecule has 1 fully saturated rings. The summed E-state index contributed by atoms with van der Waals surface area (Å²) in [4.78, 5) is 6.37. The van der Waals surface area contributed by atoms with Crippen molar-refractivity contribution in [2.45, 2.75) is 50.0 Å². The summed E-state index contributed by atoms with van der Waals surface area (Å²) in [6.45, 7) is 2.98. The third kappa shape index (κ3) is 5.32. The van der Waals surface area contributed by atoms with E-state index in [1.807, 2.05) is 31.2 Å². The fraction of sp³-hybridized carbons (Fsp3) is 0.423. The van der Waals surface area contributed by atoms with Crippen molar-refractivity contribution in [1.29, 1.82) is 0 Å². The first kappa shape index (κ1) is 24.1. The van der Waals surface area contributed by atoms with Crippen molar-refractivity contribution in [3.05, 3.63) is 52.9 Å². The molecule has 2 N–H and O–H groups in total. The lowest BCUT2D eigenvalue weighted by Gasteiger charge is -2.29. The highest BCUT2D eigenvalue weighted by molar-refractivity contribution is 7.89. The number of para-hydroxylation sites is 1. The zero-order valence-electron chi connectivity index (χ0n) is 20.0. The lowest BCUT2D eigenvalue weighted by Crippen LogP contribution is -2.34. The van der Waals surface area contributed by atoms with Crippen LogP contribution in [0.25, 0.3) is 11.3 Å². The molecule has 0 unspecified atom stereocenters. The minimum absolute atomic E-state index is 0.200. The number of nitrogens with one attached hydrogen (secondary N) is 2. The average Bonchev–Trinajstić information content (AvgIpc) is 3.18. The number of aromatic nitrogens is 1. The number of anilines is 1. The number of methoxy groups -OCH3 is 1. The second kappa shape index (κ2) is 10.2. The van der Waals surface area contributed by atoms with Gasteiger partial charge < -0.3 is 14.8 Å². The lowest BCUT2D eigenvalue weighted by atomic mass is 9.86. The van der Waals surface area contributed by atoms with E-state index in [9.17, 15) is 8.42 Å². The Morgan fingerprint density at radius 3 is 2.74 bits per heavy atom. The van der Waals surface area contributed by atoms with Crippen LogP contribution >= 0.6 is 11.3 Å². The SMILES string of the molecule is COc1ccc(C)cc1S(=O)(=O)NC[C@H]1CC[C@H](Nc2nc3c(s2)CCOc2ccccc2-3)CC1. The van der Waals surface area contributed by atoms with Crippen LogP contribution in [0.3, 0.4) is 0 Å². The lowest BCUT2D eigenvalue weighted by molar-refractivity contribution is 0.327. The third-order valence-corrected chi connectivity index (χ3v) is 9.26. The third-order valence-electron chi connectivity index (χ3n) is 6.77. The molecule has 2 aliphatic rings. The van der Waals surface area contributed by atoms with Crippen molar-refractivity contribution in [2.75, 3.05) is 25.6 Å². The van der Waals surface area contributed by atoms with Gasteiger partial charge in [0.15, 0.2) is 5.13 Å². The second-order valence-corrected chi connectivity index (χ2v) is 12.1. The van der Waals surface area contributed by atoms with E-state index >= 15 is 0 Å². The van der Waals surface area contributed by atoms with Crippen molar-refractivity contribution in [2.24, 2.45) is 5.92 Å². The molecule has 0 saturated heterocycles. The van der Waals surface area contributed by atoms with Gasteiger partial charge in [0.2, 0.25) is 10.0 Å². The van der Waals surface area contributed by atoms with E-state index in [1.54, 1.807) is 23.5 Å². The normalized spacial score (nSPS) is 19.7. The minimum atomic E-state index is -3.63. The molecular weight excluding hydrogens is 482 g/mol. The molecule has 1 saturated carbocycles. The van der Waals surface area contributed by atoms with Crippen molar-refractivity contribution >= 4 is 26.5 Å². The van der Waals surface area contributed by atoms with Gasteiger partial charge >= 0.3 is 0 Å². The molecule has 0 radical (unpaired) electrons. The zero-order valence-corrected chi connectivity index (χ0v) is 21.7. The highest BCUT2D eigenvalue weighted by Gasteiger charge is 2.26. The molecule has 0 atom stereocenters. The second-order valence-electron chi connectivity index (χ2n) is 9.25. The molecule has 0 spiro atoms. The molecule has 1 aliphatic heterocycles. The summed E-state index contributed by atoms with van der Waals surface area (Å²) in [5, 5.41) is 4.60. The van der Waals surface area contributed by atoms with Crippen LogP contribution in [-0.2, 0) is 16.4 Å². The van der Waals surface area contributed by atoms with Crippen LogP contribution in [0.2, 0.25) is 0 Å². The summed E-state index contributed by atoms with van der Waals surface area (Å²) in [6, 6.07) is 13.6. The molecule has 2 aromatic carbocycles. The molecule has 1 aromatic heterocycles. The Morgan fingerprint density at radius 1 is 1.14 bits per heavy atom. The van der Waals surface area contributed by atoms with Crippen LogP contribution in [0.5, 0.6) is 11.5 Å². The smallest absolute Gasteiger partial charge is 0.244 e. The average molecular weight is 514 g/mol. The van der Waals surface area contributed by atoms with Gasteiger partial charge in [-0.1, -0.05) is 18.2 Å². The number of fused-ring (bicyclic) bond motifs is 3. The molecule has 2 heterocycles. The van der Waals surface area contributed by atoms with Gasteiger partial charge in [0.1, 0.15) is 16.4 Å². The Balaban J connectivity index is 1.17. The molecule has 5 rings (SSSR count). The van der Waals surface area contributed by atoms with Gasteiger partial charge in [0.25, 0.3) is 0 Å². The first-order chi connectivity index (χ1) is 16.9. The first-order valence-electron chi connectivity index (χ1n) is 12.1. The van der Waals surface area contributed by atoms with Gasteiger partial charge in [0, 0.05) is 29.4 Å². The van der Waals surface area contributed by atoms with E-state index in [1.165, 1.54) is 12.0 Å². The van der Waals surface area contributed by atoms with Crippen molar-refractivity contribution in [3.8, 4) is 22.8 Å². The monoisotopic (exact) mass is 513 g/mol. The van der Waals surface area contributed by atoms with Crippen LogP contribution < -0.4 is 19.5 Å². The number of rotatable bonds is 7. The number of sulfonamides is 1. The van der Waals surface area contributed by atoms with Crippen molar-refractivity contribution in [3.63, 3.8) is 0 Å². The van der Waals surface area contributed by atoms with Crippen LogP contribution in [-0.4, -0.2) is 39.7 Å². The molecule has 0 amide bonds. The van der Waals surface area contributed by atoms with Gasteiger partial charge in [-0.3, -0.25) is 0 Å². The Kier molecular flexibility index (Phi) is 7.00. The van der Waals surface area contributed by atoms with Gasteiger partial charge in [-0.25, -0.2) is 18.1 Å². The van der Waals surface area contributed by atoms with Crippen LogP contribution in [0, 0.1) is 12.8 Å². The highest BCUT2D eigenvalue weighted by atomic mass is 32.2. The van der Waals surface area contributed by atoms with Gasteiger partial charge in [-0.15, -0.1) is 11.3 Å². The largest absolute Gasteiger partial charge is 0.495 e. The van der Waals surface area contributed by atoms with E-state index in [4.69, 9.17) is 14.5 Å². The number of hydrogen-bond acceptors (Lipinski definition) is 7. The maximum Gasteiger partial charge on any atom is 0.244 e. The standard InChI is InChI=1S/C26H31N3O4S2/c1-17-7-12-22(32-2)24(15-17)35(30,31)27-16-18-8-10-19(11-9-18)28-26-29-25-20-5-3-4-6-21(20)33-14-13-23(25)34-26/h3-7,12,15,18-19,27H,8-11,13-14,16H2,1-2H3,(H,28,29)/t18-,19-. The van der Waals surface area contributed by atoms with Crippen molar-refractivity contribution < 1.29 is 17.9 Å². The fourth-order valence-electron chi connectivity index (χ4n) is 4.82. The van der Waals surface area contributed by atoms with E-state index in [2.05, 4.69) is 16.1 Å². The summed E-state index contributed by atoms with van der Waals surface area (Å²) in [5.74, 6) is 1.58. The number of aryl methyl sites for hydroxylation is 1. The first-order valence-corrected chi connectivity index (χ1v) is 14.4. The summed E-state index contributed by atoms with van der Waals surface area (Å²) in [5.41, 5.74) is 2.97. The Bertz CT molecular complexity index is 1300. The minimum Gasteiger partial charge on any atom is -0.495 e. The maximum atomic E-state index is 12.9. The summed E-state index contributed by atoms with van der Waals surface area (Å²) < 4.78 is 39.8. The van der Waals surface area contributed by atoms with Gasteiger partial charge in [-0.05, 0) is 68.4 Å². The quantitative estimate of drug-likeness (QED) is 0.462. The summed E-state index contributed by atoms with van der Waals surface area (Å²) in [7, 11) is -2.13. The van der Waals surface area contributed by atoms with Crippen molar-refractivity contribution in [1.82, 2.24) is 9.71 Å². The molecule has 0 bridgehead atoms. The highest BCUT2D eigenvalue weighted by Crippen LogP contribution is 2.39. The molecule has 186 valence electrons. The predicted octanol–water partition coefficient (Wildman–Crippen LogP) is 5.01. The molecule has 3 aromatic rings. The Labute approximate surface area is 210 Å². The summed E-state index contributed by atoms with van der Waals surface area (Å²) >= 11 is 1.72. The summed E-state index contributed by atoms with van der Waals surface area (Å²) in [6.07, 6.45) is 4.77. The number of ether oxygens (including phenoxy) is 2. The Morgan fingerprint density at radius 2 is 1.94 bits per heavy atom. The maximum absolute atomic E-state index is 12.9. The molecular formula is C26H31N3O4S2. The topological polar surface area (TPSA) is 89.6 Å².